The average molecular weight is 379 g/mol. The maximum absolute atomic E-state index is 12.9. The third kappa shape index (κ3) is 4.49. The molecular formula is C22H21NO3S. The van der Waals surface area contributed by atoms with Crippen molar-refractivity contribution in [2.75, 3.05) is 12.8 Å². The normalized spacial score (nSPS) is 11.9. The molecule has 27 heavy (non-hydrogen) atoms. The first kappa shape index (κ1) is 19.0. The minimum atomic E-state index is -1.09. The Balaban J connectivity index is 2.07. The zero-order valence-electron chi connectivity index (χ0n) is 15.3. The van der Waals surface area contributed by atoms with E-state index in [0.717, 1.165) is 21.2 Å². The molecule has 3 rings (SSSR count). The average Bonchev–Trinajstić information content (AvgIpc) is 2.67. The SMILES string of the molecule is CC(=O)NCCc1cc(C(=O)c2ccccc2)cc2ccc(S(C)=O)cc12. The van der Waals surface area contributed by atoms with Gasteiger partial charge in [0.2, 0.25) is 5.91 Å². The zero-order valence-corrected chi connectivity index (χ0v) is 16.1. The summed E-state index contributed by atoms with van der Waals surface area (Å²) < 4.78 is 11.9. The van der Waals surface area contributed by atoms with E-state index in [9.17, 15) is 13.8 Å². The highest BCUT2D eigenvalue weighted by atomic mass is 32.2. The Labute approximate surface area is 161 Å². The van der Waals surface area contributed by atoms with Crippen LogP contribution in [0.5, 0.6) is 0 Å². The van der Waals surface area contributed by atoms with E-state index >= 15 is 0 Å². The molecule has 3 aromatic carbocycles. The Bertz CT molecular complexity index is 1030. The number of carbonyl (C=O) groups is 2. The van der Waals surface area contributed by atoms with Crippen molar-refractivity contribution in [3.8, 4) is 0 Å². The van der Waals surface area contributed by atoms with Gasteiger partial charge in [0.15, 0.2) is 5.78 Å². The second-order valence-electron chi connectivity index (χ2n) is 6.40. The molecule has 3 aromatic rings. The molecule has 1 amide bonds. The van der Waals surface area contributed by atoms with Crippen molar-refractivity contribution in [2.45, 2.75) is 18.2 Å². The molecule has 0 spiro atoms. The molecule has 1 atom stereocenters. The van der Waals surface area contributed by atoms with E-state index in [-0.39, 0.29) is 11.7 Å². The summed E-state index contributed by atoms with van der Waals surface area (Å²) in [6.07, 6.45) is 2.23. The Morgan fingerprint density at radius 2 is 1.70 bits per heavy atom. The van der Waals surface area contributed by atoms with Crippen LogP contribution in [0.1, 0.15) is 28.4 Å². The van der Waals surface area contributed by atoms with Crippen LogP contribution < -0.4 is 5.32 Å². The molecule has 0 aliphatic heterocycles. The van der Waals surface area contributed by atoms with Crippen LogP contribution in [0.2, 0.25) is 0 Å². The van der Waals surface area contributed by atoms with Crippen molar-refractivity contribution in [2.24, 2.45) is 0 Å². The van der Waals surface area contributed by atoms with Crippen molar-refractivity contribution in [3.63, 3.8) is 0 Å². The second-order valence-corrected chi connectivity index (χ2v) is 7.78. The number of amides is 1. The lowest BCUT2D eigenvalue weighted by atomic mass is 9.95. The molecule has 138 valence electrons. The molecule has 0 aliphatic carbocycles. The summed E-state index contributed by atoms with van der Waals surface area (Å²) in [5.41, 5.74) is 2.20. The van der Waals surface area contributed by atoms with Gasteiger partial charge in [0.1, 0.15) is 0 Å². The highest BCUT2D eigenvalue weighted by molar-refractivity contribution is 7.84. The third-order valence-corrected chi connectivity index (χ3v) is 5.33. The van der Waals surface area contributed by atoms with Gasteiger partial charge in [0, 0.05) is 46.5 Å². The predicted molar refractivity (Wildman–Crippen MR) is 109 cm³/mol. The summed E-state index contributed by atoms with van der Waals surface area (Å²) in [4.78, 5) is 24.8. The van der Waals surface area contributed by atoms with Crippen LogP contribution in [0.15, 0.2) is 65.6 Å². The summed E-state index contributed by atoms with van der Waals surface area (Å²) >= 11 is 0. The van der Waals surface area contributed by atoms with Crippen LogP contribution in [0.25, 0.3) is 10.8 Å². The molecule has 4 nitrogen and oxygen atoms in total. The molecule has 0 heterocycles. The summed E-state index contributed by atoms with van der Waals surface area (Å²) in [6, 6.07) is 18.5. The lowest BCUT2D eigenvalue weighted by molar-refractivity contribution is -0.118. The fraction of sp³-hybridized carbons (Fsp3) is 0.182. The largest absolute Gasteiger partial charge is 0.356 e. The van der Waals surface area contributed by atoms with Crippen molar-refractivity contribution in [3.05, 3.63) is 77.4 Å². The van der Waals surface area contributed by atoms with E-state index in [0.29, 0.717) is 24.1 Å². The van der Waals surface area contributed by atoms with E-state index in [2.05, 4.69) is 5.32 Å². The predicted octanol–water partition coefficient (Wildman–Crippen LogP) is 3.49. The van der Waals surface area contributed by atoms with Gasteiger partial charge in [-0.3, -0.25) is 13.8 Å². The third-order valence-electron chi connectivity index (χ3n) is 4.41. The van der Waals surface area contributed by atoms with Gasteiger partial charge in [0.05, 0.1) is 0 Å². The minimum absolute atomic E-state index is 0.0404. The van der Waals surface area contributed by atoms with E-state index in [4.69, 9.17) is 0 Å². The van der Waals surface area contributed by atoms with E-state index < -0.39 is 10.8 Å². The van der Waals surface area contributed by atoms with Crippen LogP contribution in [-0.4, -0.2) is 28.7 Å². The lowest BCUT2D eigenvalue weighted by Gasteiger charge is -2.12. The van der Waals surface area contributed by atoms with E-state index in [1.54, 1.807) is 18.4 Å². The first-order valence-corrected chi connectivity index (χ1v) is 10.3. The summed E-state index contributed by atoms with van der Waals surface area (Å²) in [6.45, 7) is 1.96. The Kier molecular flexibility index (Phi) is 5.81. The fourth-order valence-electron chi connectivity index (χ4n) is 3.06. The number of ketones is 1. The van der Waals surface area contributed by atoms with Crippen LogP contribution >= 0.6 is 0 Å². The molecule has 0 radical (unpaired) electrons. The Morgan fingerprint density at radius 1 is 0.963 bits per heavy atom. The number of hydrogen-bond donors (Lipinski definition) is 1. The maximum atomic E-state index is 12.9. The number of nitrogens with one attached hydrogen (secondary N) is 1. The minimum Gasteiger partial charge on any atom is -0.356 e. The number of fused-ring (bicyclic) bond motifs is 1. The molecule has 0 saturated heterocycles. The Morgan fingerprint density at radius 3 is 2.37 bits per heavy atom. The first-order chi connectivity index (χ1) is 13.0. The molecular weight excluding hydrogens is 358 g/mol. The molecule has 0 saturated carbocycles. The highest BCUT2D eigenvalue weighted by Gasteiger charge is 2.13. The molecule has 1 N–H and O–H groups in total. The molecule has 0 fully saturated rings. The Hall–Kier alpha value is -2.79. The van der Waals surface area contributed by atoms with Crippen molar-refractivity contribution in [1.29, 1.82) is 0 Å². The smallest absolute Gasteiger partial charge is 0.216 e. The van der Waals surface area contributed by atoms with Crippen molar-refractivity contribution >= 4 is 33.3 Å². The lowest BCUT2D eigenvalue weighted by Crippen LogP contribution is -2.22. The van der Waals surface area contributed by atoms with Gasteiger partial charge in [-0.25, -0.2) is 0 Å². The maximum Gasteiger partial charge on any atom is 0.216 e. The number of hydrogen-bond acceptors (Lipinski definition) is 3. The molecule has 0 bridgehead atoms. The molecule has 0 aromatic heterocycles. The number of rotatable bonds is 6. The van der Waals surface area contributed by atoms with Gasteiger partial charge in [0.25, 0.3) is 0 Å². The van der Waals surface area contributed by atoms with Crippen LogP contribution in [-0.2, 0) is 22.0 Å². The summed E-state index contributed by atoms with van der Waals surface area (Å²) in [7, 11) is -1.09. The van der Waals surface area contributed by atoms with Gasteiger partial charge >= 0.3 is 0 Å². The molecule has 1 unspecified atom stereocenters. The quantitative estimate of drug-likeness (QED) is 0.667. The molecule has 0 aliphatic rings. The van der Waals surface area contributed by atoms with Crippen LogP contribution in [0.3, 0.4) is 0 Å². The monoisotopic (exact) mass is 379 g/mol. The summed E-state index contributed by atoms with van der Waals surface area (Å²) in [5.74, 6) is -0.132. The van der Waals surface area contributed by atoms with Gasteiger partial charge in [-0.05, 0) is 47.0 Å². The van der Waals surface area contributed by atoms with Gasteiger partial charge < -0.3 is 5.32 Å². The van der Waals surface area contributed by atoms with Gasteiger partial charge in [-0.2, -0.15) is 0 Å². The summed E-state index contributed by atoms with van der Waals surface area (Å²) in [5, 5.41) is 4.67. The number of carbonyl (C=O) groups excluding carboxylic acids is 2. The van der Waals surface area contributed by atoms with Crippen molar-refractivity contribution < 1.29 is 13.8 Å². The number of benzene rings is 3. The van der Waals surface area contributed by atoms with E-state index in [1.807, 2.05) is 48.5 Å². The van der Waals surface area contributed by atoms with E-state index in [1.165, 1.54) is 6.92 Å². The van der Waals surface area contributed by atoms with Crippen molar-refractivity contribution in [1.82, 2.24) is 5.32 Å². The fourth-order valence-corrected chi connectivity index (χ4v) is 3.60. The highest BCUT2D eigenvalue weighted by Crippen LogP contribution is 2.26. The standard InChI is InChI=1S/C22H21NO3S/c1-15(24)23-11-10-18-13-19(22(25)16-6-4-3-5-7-16)12-17-8-9-20(27(2)26)14-21(17)18/h3-9,12-14H,10-11H2,1-2H3,(H,23,24). The first-order valence-electron chi connectivity index (χ1n) is 8.70. The molecule has 5 heteroatoms. The van der Waals surface area contributed by atoms with Crippen LogP contribution in [0.4, 0.5) is 0 Å². The zero-order chi connectivity index (χ0) is 19.4. The van der Waals surface area contributed by atoms with Gasteiger partial charge in [-0.1, -0.05) is 36.4 Å². The van der Waals surface area contributed by atoms with Gasteiger partial charge in [-0.15, -0.1) is 0 Å². The van der Waals surface area contributed by atoms with Crippen LogP contribution in [0, 0.1) is 0 Å². The second kappa shape index (κ2) is 8.27. The topological polar surface area (TPSA) is 63.2 Å².